The molecule has 18 heavy (non-hydrogen) atoms. The Balaban J connectivity index is 2.11. The summed E-state index contributed by atoms with van der Waals surface area (Å²) in [5.41, 5.74) is 0.494. The highest BCUT2D eigenvalue weighted by Gasteiger charge is 2.26. The molecule has 0 saturated carbocycles. The van der Waals surface area contributed by atoms with Crippen molar-refractivity contribution in [1.82, 2.24) is 14.8 Å². The molecule has 0 radical (unpaired) electrons. The number of hydrogen-bond donors (Lipinski definition) is 0. The standard InChI is InChI=1S/C13H18BrN3O/c1-16-8-4-5-10(9-16)17(2)13(18)12-11(14)6-3-7-15-12/h3,6-7,10H,4-5,8-9H2,1-2H3. The van der Waals surface area contributed by atoms with Crippen molar-refractivity contribution in [2.45, 2.75) is 18.9 Å². The maximum absolute atomic E-state index is 12.4. The zero-order valence-electron chi connectivity index (χ0n) is 10.8. The van der Waals surface area contributed by atoms with Gasteiger partial charge in [0.25, 0.3) is 5.91 Å². The summed E-state index contributed by atoms with van der Waals surface area (Å²) in [6.45, 7) is 2.05. The summed E-state index contributed by atoms with van der Waals surface area (Å²) in [6.07, 6.45) is 3.86. The number of carbonyl (C=O) groups is 1. The number of likely N-dealkylation sites (tertiary alicyclic amines) is 1. The van der Waals surface area contributed by atoms with Crippen molar-refractivity contribution in [1.29, 1.82) is 0 Å². The van der Waals surface area contributed by atoms with Crippen molar-refractivity contribution in [3.05, 3.63) is 28.5 Å². The number of nitrogens with zero attached hydrogens (tertiary/aromatic N) is 3. The molecule has 1 fully saturated rings. The topological polar surface area (TPSA) is 36.4 Å². The van der Waals surface area contributed by atoms with Crippen molar-refractivity contribution < 1.29 is 4.79 Å². The van der Waals surface area contributed by atoms with Gasteiger partial charge in [-0.3, -0.25) is 4.79 Å². The molecule has 1 atom stereocenters. The number of piperidine rings is 1. The lowest BCUT2D eigenvalue weighted by molar-refractivity contribution is 0.0637. The second kappa shape index (κ2) is 5.80. The maximum Gasteiger partial charge on any atom is 0.273 e. The van der Waals surface area contributed by atoms with Crippen molar-refractivity contribution >= 4 is 21.8 Å². The Bertz CT molecular complexity index is 438. The van der Waals surface area contributed by atoms with Gasteiger partial charge in [0.05, 0.1) is 0 Å². The first-order valence-electron chi connectivity index (χ1n) is 6.16. The van der Waals surface area contributed by atoms with E-state index in [4.69, 9.17) is 0 Å². The highest BCUT2D eigenvalue weighted by atomic mass is 79.9. The minimum Gasteiger partial charge on any atom is -0.336 e. The summed E-state index contributed by atoms with van der Waals surface area (Å²) in [6, 6.07) is 3.95. The highest BCUT2D eigenvalue weighted by molar-refractivity contribution is 9.10. The van der Waals surface area contributed by atoms with Gasteiger partial charge in [-0.2, -0.15) is 0 Å². The number of likely N-dealkylation sites (N-methyl/N-ethyl adjacent to an activating group) is 2. The van der Waals surface area contributed by atoms with E-state index >= 15 is 0 Å². The number of amides is 1. The average Bonchev–Trinajstić information content (AvgIpc) is 2.37. The van der Waals surface area contributed by atoms with Crippen LogP contribution in [0.15, 0.2) is 22.8 Å². The van der Waals surface area contributed by atoms with E-state index in [9.17, 15) is 4.79 Å². The molecule has 1 amide bonds. The van der Waals surface area contributed by atoms with Crippen LogP contribution in [0.1, 0.15) is 23.3 Å². The molecule has 1 aromatic heterocycles. The fraction of sp³-hybridized carbons (Fsp3) is 0.538. The van der Waals surface area contributed by atoms with Gasteiger partial charge in [-0.25, -0.2) is 4.98 Å². The highest BCUT2D eigenvalue weighted by Crippen LogP contribution is 2.19. The van der Waals surface area contributed by atoms with Crippen LogP contribution in [-0.4, -0.2) is 53.9 Å². The molecule has 1 aromatic rings. The minimum absolute atomic E-state index is 0.0113. The summed E-state index contributed by atoms with van der Waals surface area (Å²) in [7, 11) is 3.97. The number of carbonyl (C=O) groups excluding carboxylic acids is 1. The summed E-state index contributed by atoms with van der Waals surface area (Å²) in [5.74, 6) is -0.0113. The number of aromatic nitrogens is 1. The Morgan fingerprint density at radius 2 is 2.39 bits per heavy atom. The molecule has 1 aliphatic heterocycles. The van der Waals surface area contributed by atoms with Crippen LogP contribution in [-0.2, 0) is 0 Å². The first-order valence-corrected chi connectivity index (χ1v) is 6.95. The van der Waals surface area contributed by atoms with Gasteiger partial charge in [0.15, 0.2) is 0 Å². The van der Waals surface area contributed by atoms with E-state index in [1.165, 1.54) is 0 Å². The fourth-order valence-electron chi connectivity index (χ4n) is 2.33. The van der Waals surface area contributed by atoms with Crippen LogP contribution in [0.25, 0.3) is 0 Å². The van der Waals surface area contributed by atoms with Gasteiger partial charge in [0.1, 0.15) is 5.69 Å². The van der Waals surface area contributed by atoms with E-state index in [1.807, 2.05) is 24.1 Å². The van der Waals surface area contributed by atoms with Crippen molar-refractivity contribution in [3.8, 4) is 0 Å². The van der Waals surface area contributed by atoms with Crippen molar-refractivity contribution in [2.75, 3.05) is 27.2 Å². The van der Waals surface area contributed by atoms with Crippen molar-refractivity contribution in [2.24, 2.45) is 0 Å². The quantitative estimate of drug-likeness (QED) is 0.838. The molecule has 98 valence electrons. The Labute approximate surface area is 116 Å². The van der Waals surface area contributed by atoms with Crippen LogP contribution in [0, 0.1) is 0 Å². The predicted octanol–water partition coefficient (Wildman–Crippen LogP) is 2.01. The van der Waals surface area contributed by atoms with Crippen LogP contribution in [0.3, 0.4) is 0 Å². The third kappa shape index (κ3) is 2.90. The third-order valence-electron chi connectivity index (χ3n) is 3.43. The first kappa shape index (κ1) is 13.5. The Morgan fingerprint density at radius 1 is 1.61 bits per heavy atom. The molecule has 0 aliphatic carbocycles. The lowest BCUT2D eigenvalue weighted by Gasteiger charge is -2.35. The molecule has 0 spiro atoms. The molecule has 1 unspecified atom stereocenters. The average molecular weight is 312 g/mol. The zero-order valence-corrected chi connectivity index (χ0v) is 12.4. The third-order valence-corrected chi connectivity index (χ3v) is 4.07. The second-order valence-electron chi connectivity index (χ2n) is 4.81. The number of pyridine rings is 1. The Morgan fingerprint density at radius 3 is 3.06 bits per heavy atom. The van der Waals surface area contributed by atoms with Gasteiger partial charge < -0.3 is 9.80 Å². The molecule has 5 heteroatoms. The van der Waals surface area contributed by atoms with Crippen LogP contribution in [0.5, 0.6) is 0 Å². The van der Waals surface area contributed by atoms with E-state index in [-0.39, 0.29) is 11.9 Å². The molecule has 1 aliphatic rings. The monoisotopic (exact) mass is 311 g/mol. The van der Waals surface area contributed by atoms with Crippen LogP contribution >= 0.6 is 15.9 Å². The number of halogens is 1. The van der Waals surface area contributed by atoms with E-state index in [1.54, 1.807) is 6.20 Å². The molecule has 2 rings (SSSR count). The number of rotatable bonds is 2. The molecular formula is C13H18BrN3O. The summed E-state index contributed by atoms with van der Waals surface area (Å²) in [5, 5.41) is 0. The summed E-state index contributed by atoms with van der Waals surface area (Å²) in [4.78, 5) is 20.6. The van der Waals surface area contributed by atoms with E-state index in [2.05, 4.69) is 32.9 Å². The molecule has 2 heterocycles. The van der Waals surface area contributed by atoms with Crippen LogP contribution in [0.2, 0.25) is 0 Å². The van der Waals surface area contributed by atoms with Crippen LogP contribution in [0.4, 0.5) is 0 Å². The van der Waals surface area contributed by atoms with Crippen molar-refractivity contribution in [3.63, 3.8) is 0 Å². The fourth-order valence-corrected chi connectivity index (χ4v) is 2.76. The molecule has 4 nitrogen and oxygen atoms in total. The molecule has 0 aromatic carbocycles. The normalized spacial score (nSPS) is 20.7. The molecular weight excluding hydrogens is 294 g/mol. The van der Waals surface area contributed by atoms with E-state index in [0.29, 0.717) is 5.69 Å². The van der Waals surface area contributed by atoms with Gasteiger partial charge in [-0.15, -0.1) is 0 Å². The van der Waals surface area contributed by atoms with Gasteiger partial charge in [0.2, 0.25) is 0 Å². The lowest BCUT2D eigenvalue weighted by atomic mass is 10.0. The SMILES string of the molecule is CN1CCCC(N(C)C(=O)c2ncccc2Br)C1. The van der Waals surface area contributed by atoms with Gasteiger partial charge in [-0.1, -0.05) is 0 Å². The second-order valence-corrected chi connectivity index (χ2v) is 5.66. The number of hydrogen-bond acceptors (Lipinski definition) is 3. The largest absolute Gasteiger partial charge is 0.336 e. The smallest absolute Gasteiger partial charge is 0.273 e. The molecule has 0 bridgehead atoms. The van der Waals surface area contributed by atoms with Gasteiger partial charge in [-0.05, 0) is 54.5 Å². The molecule has 0 N–H and O–H groups in total. The summed E-state index contributed by atoms with van der Waals surface area (Å²) < 4.78 is 0.756. The Kier molecular flexibility index (Phi) is 4.35. The van der Waals surface area contributed by atoms with E-state index < -0.39 is 0 Å². The van der Waals surface area contributed by atoms with Gasteiger partial charge in [0, 0.05) is 30.3 Å². The minimum atomic E-state index is -0.0113. The summed E-state index contributed by atoms with van der Waals surface area (Å²) >= 11 is 3.38. The molecule has 1 saturated heterocycles. The van der Waals surface area contributed by atoms with Gasteiger partial charge >= 0.3 is 0 Å². The predicted molar refractivity (Wildman–Crippen MR) is 74.5 cm³/mol. The zero-order chi connectivity index (χ0) is 13.1. The maximum atomic E-state index is 12.4. The first-order chi connectivity index (χ1) is 8.59. The lowest BCUT2D eigenvalue weighted by Crippen LogP contribution is -2.47. The van der Waals surface area contributed by atoms with Crippen LogP contribution < -0.4 is 0 Å². The Hall–Kier alpha value is -0.940. The van der Waals surface area contributed by atoms with E-state index in [0.717, 1.165) is 30.4 Å².